The zero-order valence-corrected chi connectivity index (χ0v) is 30.7. The summed E-state index contributed by atoms with van der Waals surface area (Å²) in [6.45, 7) is 1.13. The van der Waals surface area contributed by atoms with Gasteiger partial charge < -0.3 is 35.4 Å². The van der Waals surface area contributed by atoms with E-state index in [1.165, 1.54) is 12.1 Å². The Balaban J connectivity index is 0.00000300. The summed E-state index contributed by atoms with van der Waals surface area (Å²) in [4.78, 5) is 40.2. The molecule has 0 bridgehead atoms. The number of hydrogen-bond acceptors (Lipinski definition) is 9. The molecule has 1 fully saturated rings. The number of H-pyrrole nitrogens is 1. The molecule has 0 spiro atoms. The van der Waals surface area contributed by atoms with Crippen LogP contribution in [-0.4, -0.2) is 44.5 Å². The molecule has 0 saturated heterocycles. The van der Waals surface area contributed by atoms with E-state index in [-0.39, 0.29) is 44.9 Å². The normalized spacial score (nSPS) is 15.8. The molecule has 14 heteroatoms. The highest BCUT2D eigenvalue weighted by atomic mass is 19.0. The van der Waals surface area contributed by atoms with Crippen molar-refractivity contribution in [2.45, 2.75) is 76.3 Å². The number of unbranched alkanes of at least 4 members (excludes halogenated alkanes) is 1. The van der Waals surface area contributed by atoms with Gasteiger partial charge in [0.2, 0.25) is 5.56 Å². The Hall–Kier alpha value is -5.83. The van der Waals surface area contributed by atoms with Gasteiger partial charge in [-0.1, -0.05) is 54.6 Å². The van der Waals surface area contributed by atoms with Gasteiger partial charge in [-0.3, -0.25) is 24.1 Å². The summed E-state index contributed by atoms with van der Waals surface area (Å²) < 4.78 is 13.0. The number of aliphatic hydroxyl groups excluding tert-OH is 1. The number of anilines is 1. The topological polar surface area (TPSA) is 185 Å². The summed E-state index contributed by atoms with van der Waals surface area (Å²) in [6, 6.07) is 27.8. The molecule has 7 rings (SSSR count). The molecule has 0 unspecified atom stereocenters. The third-order valence-electron chi connectivity index (χ3n) is 10.2. The predicted molar refractivity (Wildman–Crippen MR) is 214 cm³/mol. The van der Waals surface area contributed by atoms with Crippen LogP contribution in [0.1, 0.15) is 61.3 Å². The van der Waals surface area contributed by atoms with Gasteiger partial charge in [0.25, 0.3) is 0 Å². The lowest BCUT2D eigenvalue weighted by molar-refractivity contribution is 0.0826. The Morgan fingerprint density at radius 3 is 2.48 bits per heavy atom. The summed E-state index contributed by atoms with van der Waals surface area (Å²) in [5, 5.41) is 27.8. The lowest BCUT2D eigenvalue weighted by Crippen LogP contribution is -2.32. The number of amides is 1. The number of phenolic OH excluding ortho intramolecular Hbond substituents is 1. The maximum absolute atomic E-state index is 13.0. The summed E-state index contributed by atoms with van der Waals surface area (Å²) in [5.74, 6) is -0.481. The summed E-state index contributed by atoms with van der Waals surface area (Å²) in [6.07, 6.45) is 4.06. The van der Waals surface area contributed by atoms with Crippen molar-refractivity contribution in [2.24, 2.45) is 5.73 Å². The number of aryl methyl sites for hydroxylation is 2. The molecule has 12 nitrogen and oxygen atoms in total. The number of aromatic hydroxyl groups is 1. The molecule has 56 heavy (non-hydrogen) atoms. The van der Waals surface area contributed by atoms with Crippen LogP contribution in [0.5, 0.6) is 5.75 Å². The summed E-state index contributed by atoms with van der Waals surface area (Å²) >= 11 is 0. The minimum Gasteiger partial charge on any atom is -0.506 e. The van der Waals surface area contributed by atoms with Crippen LogP contribution in [0.25, 0.3) is 33.1 Å². The number of nitrogens with zero attached hydrogens (tertiary/aromatic N) is 1. The second-order valence-electron chi connectivity index (χ2n) is 14.0. The van der Waals surface area contributed by atoms with Gasteiger partial charge in [0.05, 0.1) is 22.8 Å². The number of nitrogens with one attached hydrogen (secondary N) is 3. The molecule has 2 heterocycles. The summed E-state index contributed by atoms with van der Waals surface area (Å²) in [7, 11) is 0. The van der Waals surface area contributed by atoms with Gasteiger partial charge >= 0.3 is 11.8 Å². The minimum absolute atomic E-state index is 0. The average Bonchev–Trinajstić information content (AvgIpc) is 3.48. The minimum atomic E-state index is -0.894. The number of aromatic nitrogens is 2. The van der Waals surface area contributed by atoms with Gasteiger partial charge in [-0.15, -0.1) is 0 Å². The van der Waals surface area contributed by atoms with Gasteiger partial charge in [0.15, 0.2) is 5.58 Å². The molecule has 1 aliphatic rings. The number of nitrogens with two attached hydrogens (primary N) is 1. The van der Waals surface area contributed by atoms with E-state index >= 15 is 0 Å². The molecular formula is C42H47F2N5O7. The molecule has 1 atom stereocenters. The zero-order valence-electron chi connectivity index (χ0n) is 30.7. The van der Waals surface area contributed by atoms with Gasteiger partial charge in [-0.2, -0.15) is 0 Å². The van der Waals surface area contributed by atoms with Crippen LogP contribution in [0.15, 0.2) is 105 Å². The van der Waals surface area contributed by atoms with Crippen LogP contribution in [0, 0.1) is 0 Å². The predicted octanol–water partition coefficient (Wildman–Crippen LogP) is 6.78. The number of oxazole rings is 1. The van der Waals surface area contributed by atoms with Gasteiger partial charge in [0, 0.05) is 42.7 Å². The van der Waals surface area contributed by atoms with Crippen molar-refractivity contribution in [3.8, 4) is 16.9 Å². The fraction of sp³-hybridized carbons (Fsp3) is 0.310. The highest BCUT2D eigenvalue weighted by molar-refractivity contribution is 5.92. The first kappa shape index (κ1) is 41.3. The second-order valence-corrected chi connectivity index (χ2v) is 14.0. The van der Waals surface area contributed by atoms with E-state index in [1.54, 1.807) is 16.7 Å². The van der Waals surface area contributed by atoms with Crippen molar-refractivity contribution in [3.05, 3.63) is 129 Å². The standard InChI is InChI=1S/C42H45N5O7.2FH/c43-29-11-13-30(14-12-29)53-41(51)45-34-22-26(9-15-31(34)28-7-2-1-3-8-28)6-4-5-21-47-35-18-10-27(23-38(35)54-42(47)52)24-44-25-37(49)32-16-19-36(48)40-33(32)17-20-39(50)46-40;;/h1-3,7-10,15-20,22-23,29-30,37,44,48-49H,4-6,11-14,21,24-25,43H2,(H,45,51)(H,46,50);2*1H/t29?,30?,37-;;/m0../s1. The first-order chi connectivity index (χ1) is 26.2. The Morgan fingerprint density at radius 1 is 0.929 bits per heavy atom. The van der Waals surface area contributed by atoms with Crippen molar-refractivity contribution in [3.63, 3.8) is 0 Å². The highest BCUT2D eigenvalue weighted by Crippen LogP contribution is 2.31. The number of halogens is 2. The number of phenols is 1. The van der Waals surface area contributed by atoms with Crippen LogP contribution in [-0.2, 0) is 24.2 Å². The smallest absolute Gasteiger partial charge is 0.419 e. The fourth-order valence-corrected chi connectivity index (χ4v) is 7.26. The molecular weight excluding hydrogens is 724 g/mol. The molecule has 7 N–H and O–H groups in total. The average molecular weight is 772 g/mol. The van der Waals surface area contributed by atoms with E-state index in [4.69, 9.17) is 14.9 Å². The number of aliphatic hydroxyl groups is 1. The lowest BCUT2D eigenvalue weighted by Gasteiger charge is -2.26. The van der Waals surface area contributed by atoms with Crippen LogP contribution in [0.4, 0.5) is 19.9 Å². The third kappa shape index (κ3) is 9.69. The fourth-order valence-electron chi connectivity index (χ4n) is 7.26. The molecule has 0 aliphatic heterocycles. The third-order valence-corrected chi connectivity index (χ3v) is 10.2. The number of rotatable bonds is 13. The molecule has 0 radical (unpaired) electrons. The highest BCUT2D eigenvalue weighted by Gasteiger charge is 2.22. The van der Waals surface area contributed by atoms with E-state index in [1.807, 2.05) is 60.7 Å². The Bertz CT molecular complexity index is 2370. The Morgan fingerprint density at radius 2 is 1.70 bits per heavy atom. The Labute approximate surface area is 321 Å². The van der Waals surface area contributed by atoms with E-state index in [0.717, 1.165) is 67.2 Å². The zero-order chi connectivity index (χ0) is 37.6. The van der Waals surface area contributed by atoms with Crippen molar-refractivity contribution in [1.29, 1.82) is 0 Å². The van der Waals surface area contributed by atoms with E-state index < -0.39 is 18.0 Å². The van der Waals surface area contributed by atoms with Crippen molar-refractivity contribution in [2.75, 3.05) is 11.9 Å². The van der Waals surface area contributed by atoms with Crippen LogP contribution in [0.2, 0.25) is 0 Å². The number of carbonyl (C=O) groups excluding carboxylic acids is 1. The molecule has 6 aromatic rings. The van der Waals surface area contributed by atoms with Crippen molar-refractivity contribution in [1.82, 2.24) is 14.9 Å². The number of ether oxygens (including phenoxy) is 1. The molecule has 2 aromatic heterocycles. The maximum Gasteiger partial charge on any atom is 0.419 e. The SMILES string of the molecule is F.F.NC1CCC(OC(=O)Nc2cc(CCCCn3c(=O)oc4cc(CNC[C@H](O)c5ccc(O)c6[nH]c(=O)ccc56)ccc43)ccc2-c2ccccc2)CC1. The number of pyridine rings is 1. The van der Waals surface area contributed by atoms with Gasteiger partial charge in [0.1, 0.15) is 11.9 Å². The van der Waals surface area contributed by atoms with E-state index in [0.29, 0.717) is 40.8 Å². The largest absolute Gasteiger partial charge is 0.506 e. The first-order valence-corrected chi connectivity index (χ1v) is 18.5. The number of carbonyl (C=O) groups is 1. The van der Waals surface area contributed by atoms with Crippen molar-refractivity contribution < 1.29 is 33.6 Å². The van der Waals surface area contributed by atoms with Gasteiger partial charge in [-0.25, -0.2) is 9.59 Å². The molecule has 1 amide bonds. The number of fused-ring (bicyclic) bond motifs is 2. The second kappa shape index (κ2) is 18.7. The summed E-state index contributed by atoms with van der Waals surface area (Å²) in [5.41, 5.74) is 12.3. The van der Waals surface area contributed by atoms with E-state index in [9.17, 15) is 24.6 Å². The molecule has 1 saturated carbocycles. The lowest BCUT2D eigenvalue weighted by atomic mass is 9.94. The van der Waals surface area contributed by atoms with E-state index in [2.05, 4.69) is 21.7 Å². The van der Waals surface area contributed by atoms with Crippen LogP contribution >= 0.6 is 0 Å². The van der Waals surface area contributed by atoms with Crippen molar-refractivity contribution >= 4 is 33.8 Å². The quantitative estimate of drug-likeness (QED) is 0.0689. The first-order valence-electron chi connectivity index (χ1n) is 18.5. The van der Waals surface area contributed by atoms with Gasteiger partial charge in [-0.05, 0) is 97.5 Å². The van der Waals surface area contributed by atoms with Crippen LogP contribution < -0.4 is 27.7 Å². The molecule has 296 valence electrons. The molecule has 4 aromatic carbocycles. The Kier molecular flexibility index (Phi) is 13.8. The number of benzene rings is 4. The maximum atomic E-state index is 13.0. The monoisotopic (exact) mass is 771 g/mol. The number of hydrogen-bond donors (Lipinski definition) is 6. The molecule has 1 aliphatic carbocycles. The van der Waals surface area contributed by atoms with Crippen LogP contribution in [0.3, 0.4) is 0 Å². The number of aromatic amines is 1.